The van der Waals surface area contributed by atoms with E-state index in [1.165, 1.54) is 18.4 Å². The summed E-state index contributed by atoms with van der Waals surface area (Å²) in [6.45, 7) is 4.10. The van der Waals surface area contributed by atoms with Crippen molar-refractivity contribution in [1.29, 1.82) is 0 Å². The predicted molar refractivity (Wildman–Crippen MR) is 96.1 cm³/mol. The van der Waals surface area contributed by atoms with Gasteiger partial charge in [-0.1, -0.05) is 6.08 Å². The van der Waals surface area contributed by atoms with Gasteiger partial charge >= 0.3 is 0 Å². The van der Waals surface area contributed by atoms with Crippen LogP contribution in [0.5, 0.6) is 5.75 Å². The van der Waals surface area contributed by atoms with Crippen LogP contribution in [0, 0.1) is 0 Å². The Morgan fingerprint density at radius 1 is 1.56 bits per heavy atom. The lowest BCUT2D eigenvalue weighted by atomic mass is 10.1. The molecular formula is C17H17N3O4S. The molecule has 2 heterocycles. The van der Waals surface area contributed by atoms with E-state index < -0.39 is 0 Å². The maximum Gasteiger partial charge on any atom is 0.265 e. The molecule has 0 atom stereocenters. The minimum absolute atomic E-state index is 0.0204. The van der Waals surface area contributed by atoms with Gasteiger partial charge in [-0.3, -0.25) is 14.9 Å². The van der Waals surface area contributed by atoms with Crippen LogP contribution in [0.15, 0.2) is 36.2 Å². The molecule has 130 valence electrons. The summed E-state index contributed by atoms with van der Waals surface area (Å²) in [5, 5.41) is 5.00. The molecule has 0 spiro atoms. The van der Waals surface area contributed by atoms with Crippen LogP contribution < -0.4 is 15.0 Å². The summed E-state index contributed by atoms with van der Waals surface area (Å²) in [6, 6.07) is 5.54. The molecule has 0 saturated heterocycles. The molecular weight excluding hydrogens is 342 g/mol. The van der Waals surface area contributed by atoms with Crippen molar-refractivity contribution in [3.05, 3.63) is 36.2 Å². The fraction of sp³-hybridized carbons (Fsp3) is 0.235. The summed E-state index contributed by atoms with van der Waals surface area (Å²) in [6.07, 6.45) is 1.67. The van der Waals surface area contributed by atoms with Crippen LogP contribution in [0.3, 0.4) is 0 Å². The van der Waals surface area contributed by atoms with Gasteiger partial charge in [0.25, 0.3) is 11.8 Å². The Bertz CT molecular complexity index is 818. The van der Waals surface area contributed by atoms with Crippen molar-refractivity contribution in [2.24, 2.45) is 0 Å². The summed E-state index contributed by atoms with van der Waals surface area (Å²) >= 11 is 1.32. The number of thiazole rings is 1. The second-order valence-corrected chi connectivity index (χ2v) is 6.14. The summed E-state index contributed by atoms with van der Waals surface area (Å²) in [5.41, 5.74) is 2.22. The molecule has 1 N–H and O–H groups in total. The van der Waals surface area contributed by atoms with E-state index in [0.717, 1.165) is 5.56 Å². The number of hydrogen-bond donors (Lipinski definition) is 1. The molecule has 3 rings (SSSR count). The molecule has 25 heavy (non-hydrogen) atoms. The van der Waals surface area contributed by atoms with Crippen molar-refractivity contribution in [1.82, 2.24) is 4.98 Å². The molecule has 1 aromatic carbocycles. The Kier molecular flexibility index (Phi) is 5.11. The van der Waals surface area contributed by atoms with Crippen LogP contribution >= 0.6 is 11.3 Å². The maximum absolute atomic E-state index is 12.1. The molecule has 2 amide bonds. The number of ether oxygens (including phenoxy) is 2. The third-order valence-corrected chi connectivity index (χ3v) is 4.29. The molecule has 0 fully saturated rings. The highest BCUT2D eigenvalue weighted by Gasteiger charge is 2.25. The van der Waals surface area contributed by atoms with Crippen LogP contribution in [-0.4, -0.2) is 43.7 Å². The van der Waals surface area contributed by atoms with Crippen molar-refractivity contribution in [3.63, 3.8) is 0 Å². The van der Waals surface area contributed by atoms with Gasteiger partial charge in [0.05, 0.1) is 11.4 Å². The van der Waals surface area contributed by atoms with Gasteiger partial charge in [-0.2, -0.15) is 0 Å². The molecule has 8 heteroatoms. The molecule has 1 aromatic heterocycles. The van der Waals surface area contributed by atoms with E-state index in [4.69, 9.17) is 9.47 Å². The van der Waals surface area contributed by atoms with Gasteiger partial charge in [0.1, 0.15) is 12.4 Å². The van der Waals surface area contributed by atoms with E-state index in [9.17, 15) is 9.59 Å². The van der Waals surface area contributed by atoms with Crippen molar-refractivity contribution in [3.8, 4) is 17.0 Å². The number of carbonyl (C=O) groups excluding carboxylic acids is 2. The lowest BCUT2D eigenvalue weighted by Crippen LogP contribution is -2.38. The Balaban J connectivity index is 1.87. The SMILES string of the molecule is C=CCN1C(=O)COc2ccc(-c3csc(NC(=O)COC)n3)cc21. The average molecular weight is 359 g/mol. The predicted octanol–water partition coefficient (Wildman–Crippen LogP) is 2.31. The second kappa shape index (κ2) is 7.45. The minimum atomic E-state index is -0.259. The zero-order valence-corrected chi connectivity index (χ0v) is 14.5. The first-order valence-corrected chi connectivity index (χ1v) is 8.43. The molecule has 0 saturated carbocycles. The average Bonchev–Trinajstić information content (AvgIpc) is 3.05. The van der Waals surface area contributed by atoms with E-state index in [1.807, 2.05) is 23.6 Å². The lowest BCUT2D eigenvalue weighted by Gasteiger charge is -2.28. The number of anilines is 2. The number of nitrogens with zero attached hydrogens (tertiary/aromatic N) is 2. The zero-order valence-electron chi connectivity index (χ0n) is 13.7. The lowest BCUT2D eigenvalue weighted by molar-refractivity contribution is -0.121. The monoisotopic (exact) mass is 359 g/mol. The topological polar surface area (TPSA) is 80.8 Å². The highest BCUT2D eigenvalue weighted by atomic mass is 32.1. The number of fused-ring (bicyclic) bond motifs is 1. The Hall–Kier alpha value is -2.71. The Morgan fingerprint density at radius 3 is 3.16 bits per heavy atom. The van der Waals surface area contributed by atoms with Crippen molar-refractivity contribution >= 4 is 34.0 Å². The van der Waals surface area contributed by atoms with E-state index in [1.54, 1.807) is 11.0 Å². The van der Waals surface area contributed by atoms with E-state index in [0.29, 0.717) is 28.8 Å². The number of amides is 2. The van der Waals surface area contributed by atoms with Gasteiger partial charge in [-0.15, -0.1) is 17.9 Å². The fourth-order valence-corrected chi connectivity index (χ4v) is 3.18. The van der Waals surface area contributed by atoms with Gasteiger partial charge in [-0.05, 0) is 18.2 Å². The number of hydrogen-bond acceptors (Lipinski definition) is 6. The van der Waals surface area contributed by atoms with Crippen LogP contribution in [0.2, 0.25) is 0 Å². The first-order chi connectivity index (χ1) is 12.1. The molecule has 1 aliphatic rings. The number of benzene rings is 1. The maximum atomic E-state index is 12.1. The van der Waals surface area contributed by atoms with E-state index >= 15 is 0 Å². The summed E-state index contributed by atoms with van der Waals surface area (Å²) in [4.78, 5) is 29.7. The van der Waals surface area contributed by atoms with Crippen LogP contribution in [0.25, 0.3) is 11.3 Å². The quantitative estimate of drug-likeness (QED) is 0.801. The van der Waals surface area contributed by atoms with Crippen LogP contribution in [-0.2, 0) is 14.3 Å². The highest BCUT2D eigenvalue weighted by Crippen LogP contribution is 2.36. The van der Waals surface area contributed by atoms with Crippen molar-refractivity contribution < 1.29 is 19.1 Å². The smallest absolute Gasteiger partial charge is 0.265 e. The summed E-state index contributed by atoms with van der Waals surface area (Å²) in [5.74, 6) is 0.273. The number of nitrogens with one attached hydrogen (secondary N) is 1. The summed E-state index contributed by atoms with van der Waals surface area (Å²) in [7, 11) is 1.46. The standard InChI is InChI=1S/C17H17N3O4S/c1-3-6-20-13-7-11(4-5-14(13)24-9-16(20)22)12-10-25-17(18-12)19-15(21)8-23-2/h3-5,7,10H,1,6,8-9H2,2H3,(H,18,19,21). The van der Waals surface area contributed by atoms with Gasteiger partial charge in [0, 0.05) is 24.6 Å². The number of methoxy groups -OCH3 is 1. The van der Waals surface area contributed by atoms with Gasteiger partial charge in [0.2, 0.25) is 0 Å². The first kappa shape index (κ1) is 17.1. The van der Waals surface area contributed by atoms with E-state index in [2.05, 4.69) is 16.9 Å². The fourth-order valence-electron chi connectivity index (χ4n) is 2.44. The first-order valence-electron chi connectivity index (χ1n) is 7.55. The normalized spacial score (nSPS) is 13.2. The summed E-state index contributed by atoms with van der Waals surface area (Å²) < 4.78 is 10.3. The molecule has 0 radical (unpaired) electrons. The second-order valence-electron chi connectivity index (χ2n) is 5.28. The van der Waals surface area contributed by atoms with Gasteiger partial charge in [0.15, 0.2) is 11.7 Å². The third kappa shape index (κ3) is 3.70. The molecule has 0 unspecified atom stereocenters. The number of carbonyl (C=O) groups is 2. The van der Waals surface area contributed by atoms with Crippen molar-refractivity contribution in [2.75, 3.05) is 37.1 Å². The van der Waals surface area contributed by atoms with E-state index in [-0.39, 0.29) is 25.0 Å². The van der Waals surface area contributed by atoms with Crippen LogP contribution in [0.4, 0.5) is 10.8 Å². The molecule has 2 aromatic rings. The number of rotatable bonds is 6. The Labute approximate surface area is 148 Å². The Morgan fingerprint density at radius 2 is 2.40 bits per heavy atom. The molecule has 0 bridgehead atoms. The molecule has 1 aliphatic heterocycles. The molecule has 7 nitrogen and oxygen atoms in total. The number of aromatic nitrogens is 1. The van der Waals surface area contributed by atoms with Crippen LogP contribution in [0.1, 0.15) is 0 Å². The van der Waals surface area contributed by atoms with Gasteiger partial charge in [-0.25, -0.2) is 4.98 Å². The van der Waals surface area contributed by atoms with Crippen molar-refractivity contribution in [2.45, 2.75) is 0 Å². The third-order valence-electron chi connectivity index (χ3n) is 3.54. The van der Waals surface area contributed by atoms with Gasteiger partial charge < -0.3 is 14.4 Å². The highest BCUT2D eigenvalue weighted by molar-refractivity contribution is 7.14. The largest absolute Gasteiger partial charge is 0.482 e. The zero-order chi connectivity index (χ0) is 17.8. The molecule has 0 aliphatic carbocycles. The minimum Gasteiger partial charge on any atom is -0.482 e.